The van der Waals surface area contributed by atoms with Crippen LogP contribution in [0.2, 0.25) is 0 Å². The van der Waals surface area contributed by atoms with Gasteiger partial charge in [0.05, 0.1) is 11.7 Å². The minimum absolute atomic E-state index is 0.0926. The summed E-state index contributed by atoms with van der Waals surface area (Å²) in [5.41, 5.74) is 9.04. The van der Waals surface area contributed by atoms with Crippen molar-refractivity contribution >= 4 is 11.6 Å². The summed E-state index contributed by atoms with van der Waals surface area (Å²) in [5.74, 6) is -0.0352. The van der Waals surface area contributed by atoms with Gasteiger partial charge in [0.25, 0.3) is 5.91 Å². The van der Waals surface area contributed by atoms with Gasteiger partial charge in [-0.05, 0) is 78.7 Å². The van der Waals surface area contributed by atoms with E-state index in [1.165, 1.54) is 12.8 Å². The van der Waals surface area contributed by atoms with Crippen molar-refractivity contribution in [3.8, 4) is 5.69 Å². The van der Waals surface area contributed by atoms with Crippen LogP contribution in [-0.2, 0) is 12.7 Å². The van der Waals surface area contributed by atoms with Gasteiger partial charge < -0.3 is 16.4 Å². The van der Waals surface area contributed by atoms with Gasteiger partial charge in [0, 0.05) is 18.3 Å². The van der Waals surface area contributed by atoms with E-state index in [-0.39, 0.29) is 18.3 Å². The van der Waals surface area contributed by atoms with E-state index in [0.717, 1.165) is 34.0 Å². The predicted molar refractivity (Wildman–Crippen MR) is 145 cm³/mol. The van der Waals surface area contributed by atoms with E-state index in [9.17, 15) is 18.0 Å². The van der Waals surface area contributed by atoms with E-state index < -0.39 is 17.8 Å². The molecule has 1 atom stereocenters. The molecule has 4 aromatic rings. The molecule has 1 fully saturated rings. The largest absolute Gasteiger partial charge is 0.435 e. The van der Waals surface area contributed by atoms with Crippen molar-refractivity contribution in [1.82, 2.24) is 15.1 Å². The minimum atomic E-state index is -4.71. The summed E-state index contributed by atoms with van der Waals surface area (Å²) in [4.78, 5) is 13.4. The highest BCUT2D eigenvalue weighted by Gasteiger charge is 2.36. The molecule has 0 radical (unpaired) electrons. The first-order valence-corrected chi connectivity index (χ1v) is 12.9. The Kier molecular flexibility index (Phi) is 7.54. The Labute approximate surface area is 225 Å². The quantitative estimate of drug-likeness (QED) is 0.246. The van der Waals surface area contributed by atoms with Crippen molar-refractivity contribution in [3.05, 3.63) is 113 Å². The predicted octanol–water partition coefficient (Wildman–Crippen LogP) is 6.00. The first kappa shape index (κ1) is 26.6. The molecule has 0 aliphatic heterocycles. The number of nitrogens with one attached hydrogen (secondary N) is 2. The molecule has 1 aliphatic carbocycles. The van der Waals surface area contributed by atoms with Gasteiger partial charge in [-0.3, -0.25) is 4.79 Å². The van der Waals surface area contributed by atoms with Crippen molar-refractivity contribution in [2.24, 2.45) is 11.7 Å². The van der Waals surface area contributed by atoms with Crippen LogP contribution in [0.25, 0.3) is 5.69 Å². The third-order valence-corrected chi connectivity index (χ3v) is 6.91. The fourth-order valence-electron chi connectivity index (χ4n) is 4.61. The van der Waals surface area contributed by atoms with Gasteiger partial charge in [-0.1, -0.05) is 48.5 Å². The number of anilines is 1. The molecule has 1 aromatic heterocycles. The lowest BCUT2D eigenvalue weighted by Crippen LogP contribution is -2.25. The number of amides is 1. The Morgan fingerprint density at radius 2 is 1.82 bits per heavy atom. The second-order valence-corrected chi connectivity index (χ2v) is 9.92. The minimum Gasteiger partial charge on any atom is -0.326 e. The lowest BCUT2D eigenvalue weighted by atomic mass is 9.94. The van der Waals surface area contributed by atoms with Gasteiger partial charge in [0.2, 0.25) is 0 Å². The fourth-order valence-corrected chi connectivity index (χ4v) is 4.61. The first-order chi connectivity index (χ1) is 18.7. The zero-order valence-electron chi connectivity index (χ0n) is 21.5. The van der Waals surface area contributed by atoms with Crippen LogP contribution in [0.1, 0.15) is 57.3 Å². The van der Waals surface area contributed by atoms with E-state index in [1.807, 2.05) is 30.3 Å². The Morgan fingerprint density at radius 3 is 2.54 bits per heavy atom. The van der Waals surface area contributed by atoms with Gasteiger partial charge in [-0.25, -0.2) is 4.68 Å². The van der Waals surface area contributed by atoms with Crippen LogP contribution in [0.15, 0.2) is 78.9 Å². The van der Waals surface area contributed by atoms with Gasteiger partial charge in [-0.2, -0.15) is 18.3 Å². The zero-order valence-corrected chi connectivity index (χ0v) is 21.5. The molecule has 202 valence electrons. The van der Waals surface area contributed by atoms with E-state index in [0.29, 0.717) is 22.9 Å². The number of hydrogen-bond donors (Lipinski definition) is 3. The summed E-state index contributed by atoms with van der Waals surface area (Å²) in [7, 11) is 0. The molecule has 0 bridgehead atoms. The first-order valence-electron chi connectivity index (χ1n) is 12.9. The average molecular weight is 534 g/mol. The van der Waals surface area contributed by atoms with Crippen LogP contribution in [0.5, 0.6) is 0 Å². The molecule has 6 nitrogen and oxygen atoms in total. The van der Waals surface area contributed by atoms with E-state index >= 15 is 0 Å². The molecule has 5 rings (SSSR count). The molecule has 1 saturated carbocycles. The molecular formula is C30H30F3N5O. The van der Waals surface area contributed by atoms with E-state index in [2.05, 4.69) is 34.8 Å². The van der Waals surface area contributed by atoms with Crippen molar-refractivity contribution < 1.29 is 18.0 Å². The fraction of sp³-hybridized carbons (Fsp3) is 0.267. The average Bonchev–Trinajstić information content (AvgIpc) is 3.63. The van der Waals surface area contributed by atoms with Gasteiger partial charge in [-0.15, -0.1) is 0 Å². The molecule has 0 saturated heterocycles. The Bertz CT molecular complexity index is 1480. The third-order valence-electron chi connectivity index (χ3n) is 6.91. The van der Waals surface area contributed by atoms with Crippen molar-refractivity contribution in [3.63, 3.8) is 0 Å². The summed E-state index contributed by atoms with van der Waals surface area (Å²) in [6, 6.07) is 22.8. The third kappa shape index (κ3) is 6.21. The maximum atomic E-state index is 13.6. The Hall–Kier alpha value is -3.95. The molecule has 9 heteroatoms. The van der Waals surface area contributed by atoms with Crippen molar-refractivity contribution in [1.29, 1.82) is 0 Å². The maximum Gasteiger partial charge on any atom is 0.435 e. The Balaban J connectivity index is 1.46. The highest BCUT2D eigenvalue weighted by Crippen LogP contribution is 2.32. The number of nitrogens with zero attached hydrogens (tertiary/aromatic N) is 2. The number of nitrogens with two attached hydrogens (primary N) is 1. The highest BCUT2D eigenvalue weighted by atomic mass is 19.4. The molecule has 1 amide bonds. The van der Waals surface area contributed by atoms with E-state index in [1.54, 1.807) is 30.3 Å². The molecule has 1 aliphatic rings. The zero-order chi connectivity index (χ0) is 27.6. The van der Waals surface area contributed by atoms with Crippen molar-refractivity contribution in [2.75, 3.05) is 11.9 Å². The second-order valence-electron chi connectivity index (χ2n) is 9.92. The molecule has 4 N–H and O–H groups in total. The summed E-state index contributed by atoms with van der Waals surface area (Å²) >= 11 is 0. The highest BCUT2D eigenvalue weighted by molar-refractivity contribution is 6.03. The normalized spacial score (nSPS) is 14.3. The number of aromatic nitrogens is 2. The number of carbonyl (C=O) groups is 1. The van der Waals surface area contributed by atoms with Crippen LogP contribution in [0, 0.1) is 12.8 Å². The van der Waals surface area contributed by atoms with Crippen molar-refractivity contribution in [2.45, 2.75) is 38.5 Å². The van der Waals surface area contributed by atoms with Crippen LogP contribution in [0.4, 0.5) is 18.9 Å². The summed E-state index contributed by atoms with van der Waals surface area (Å²) in [6.07, 6.45) is -2.28. The summed E-state index contributed by atoms with van der Waals surface area (Å²) < 4.78 is 41.7. The molecule has 0 spiro atoms. The van der Waals surface area contributed by atoms with Crippen LogP contribution < -0.4 is 16.4 Å². The number of halogens is 3. The Morgan fingerprint density at radius 1 is 1.05 bits per heavy atom. The number of hydrogen-bond acceptors (Lipinski definition) is 4. The van der Waals surface area contributed by atoms with Crippen LogP contribution in [0.3, 0.4) is 0 Å². The number of benzene rings is 3. The smallest absolute Gasteiger partial charge is 0.326 e. The lowest BCUT2D eigenvalue weighted by molar-refractivity contribution is -0.141. The van der Waals surface area contributed by atoms with Crippen LogP contribution >= 0.6 is 0 Å². The molecule has 1 heterocycles. The number of rotatable bonds is 9. The maximum absolute atomic E-state index is 13.6. The monoisotopic (exact) mass is 533 g/mol. The number of aryl methyl sites for hydroxylation is 1. The van der Waals surface area contributed by atoms with Gasteiger partial charge >= 0.3 is 6.18 Å². The SMILES string of the molecule is Cc1ccccc1C(NCC1CC1)c1cccc(NC(=O)c2cc(C(F)(F)F)nn2-c2cccc(CN)c2)c1. The molecule has 39 heavy (non-hydrogen) atoms. The molecule has 1 unspecified atom stereocenters. The summed E-state index contributed by atoms with van der Waals surface area (Å²) in [5, 5.41) is 10.2. The summed E-state index contributed by atoms with van der Waals surface area (Å²) in [6.45, 7) is 3.15. The molecule has 3 aromatic carbocycles. The van der Waals surface area contributed by atoms with Gasteiger partial charge in [0.15, 0.2) is 5.69 Å². The standard InChI is InChI=1S/C30H30F3N5O/c1-19-6-2-3-11-25(19)28(35-18-20-12-13-20)22-8-5-9-23(15-22)36-29(39)26-16-27(30(31,32)33)37-38(26)24-10-4-7-21(14-24)17-34/h2-11,14-16,20,28,35H,12-13,17-18,34H2,1H3,(H,36,39). The number of alkyl halides is 3. The number of carbonyl (C=O) groups excluding carboxylic acids is 1. The molecular weight excluding hydrogens is 503 g/mol. The van der Waals surface area contributed by atoms with E-state index in [4.69, 9.17) is 5.73 Å². The second kappa shape index (κ2) is 11.0. The van der Waals surface area contributed by atoms with Gasteiger partial charge in [0.1, 0.15) is 5.69 Å². The topological polar surface area (TPSA) is 85.0 Å². The van der Waals surface area contributed by atoms with Crippen LogP contribution in [-0.4, -0.2) is 22.2 Å². The lowest BCUT2D eigenvalue weighted by Gasteiger charge is -2.22.